The van der Waals surface area contributed by atoms with Crippen LogP contribution in [0.25, 0.3) is 0 Å². The van der Waals surface area contributed by atoms with Gasteiger partial charge >= 0.3 is 11.1 Å². The molecule has 1 atom stereocenters. The van der Waals surface area contributed by atoms with E-state index in [-0.39, 0.29) is 12.6 Å². The molecule has 0 fully saturated rings. The molecule has 0 amide bonds. The molecule has 0 aliphatic rings. The van der Waals surface area contributed by atoms with Gasteiger partial charge in [0.15, 0.2) is 6.61 Å². The van der Waals surface area contributed by atoms with Gasteiger partial charge in [-0.2, -0.15) is 4.84 Å². The zero-order valence-electron chi connectivity index (χ0n) is 10.5. The van der Waals surface area contributed by atoms with Crippen molar-refractivity contribution in [1.29, 1.82) is 0 Å². The Hall–Kier alpha value is -1.45. The fourth-order valence-electron chi connectivity index (χ4n) is 1.13. The van der Waals surface area contributed by atoms with Crippen LogP contribution in [0.15, 0.2) is 0 Å². The predicted molar refractivity (Wildman–Crippen MR) is 56.9 cm³/mol. The molecule has 0 rings (SSSR count). The number of rotatable bonds is 11. The normalized spacial score (nSPS) is 11.9. The summed E-state index contributed by atoms with van der Waals surface area (Å²) in [6.07, 6.45) is 1.40. The Morgan fingerprint density at radius 1 is 1.44 bits per heavy atom. The van der Waals surface area contributed by atoms with Gasteiger partial charge in [0.05, 0.1) is 13.7 Å². The maximum atomic E-state index is 10.5. The van der Waals surface area contributed by atoms with E-state index in [9.17, 15) is 9.70 Å². The van der Waals surface area contributed by atoms with Crippen molar-refractivity contribution < 1.29 is 34.3 Å². The SMILES string of the molecule is CONOC(CCCCOC(C)=O)CO[N+](=O)O. The van der Waals surface area contributed by atoms with Crippen molar-refractivity contribution in [2.45, 2.75) is 32.3 Å². The van der Waals surface area contributed by atoms with Gasteiger partial charge in [-0.3, -0.25) is 14.5 Å². The molecule has 0 aliphatic carbocycles. The summed E-state index contributed by atoms with van der Waals surface area (Å²) in [6.45, 7) is 1.53. The highest BCUT2D eigenvalue weighted by Crippen LogP contribution is 2.05. The standard InChI is InChI=1S/C9H19N2O7/c1-8(12)16-6-4-3-5-9(18-10-15-2)7-17-11(13)14/h9-10H,3-7H2,1-2H3,(H,13,14)/q+1. The minimum absolute atomic E-state index is 0.135. The second kappa shape index (κ2) is 10.7. The Kier molecular flexibility index (Phi) is 9.83. The van der Waals surface area contributed by atoms with Gasteiger partial charge in [0, 0.05) is 6.92 Å². The van der Waals surface area contributed by atoms with Crippen molar-refractivity contribution in [3.05, 3.63) is 4.91 Å². The van der Waals surface area contributed by atoms with Crippen molar-refractivity contribution >= 4 is 5.97 Å². The summed E-state index contributed by atoms with van der Waals surface area (Å²) in [6, 6.07) is 0. The molecule has 0 bridgehead atoms. The molecule has 0 heterocycles. The van der Waals surface area contributed by atoms with E-state index in [1.54, 1.807) is 0 Å². The number of nitrogens with zero attached hydrogens (tertiary/aromatic N) is 1. The Labute approximate surface area is 104 Å². The van der Waals surface area contributed by atoms with Crippen LogP contribution in [0.2, 0.25) is 0 Å². The minimum atomic E-state index is -0.637. The van der Waals surface area contributed by atoms with E-state index in [1.807, 2.05) is 0 Å². The van der Waals surface area contributed by atoms with E-state index in [4.69, 9.17) is 14.8 Å². The summed E-state index contributed by atoms with van der Waals surface area (Å²) in [4.78, 5) is 34.5. The number of unbranched alkanes of at least 4 members (excludes halogenated alkanes) is 1. The van der Waals surface area contributed by atoms with E-state index < -0.39 is 11.2 Å². The number of hydrogen-bond donors (Lipinski definition) is 2. The molecule has 0 aromatic heterocycles. The molecule has 0 saturated carbocycles. The van der Waals surface area contributed by atoms with E-state index in [0.29, 0.717) is 25.9 Å². The molecule has 9 heteroatoms. The van der Waals surface area contributed by atoms with Crippen LogP contribution in [0.4, 0.5) is 0 Å². The largest absolute Gasteiger partial charge is 0.475 e. The lowest BCUT2D eigenvalue weighted by Crippen LogP contribution is -2.28. The smallest absolute Gasteiger partial charge is 0.466 e. The number of ether oxygens (including phenoxy) is 1. The highest BCUT2D eigenvalue weighted by molar-refractivity contribution is 5.65. The Balaban J connectivity index is 3.70. The molecule has 0 aliphatic heterocycles. The lowest BCUT2D eigenvalue weighted by Gasteiger charge is -2.13. The van der Waals surface area contributed by atoms with Gasteiger partial charge in [-0.25, -0.2) is 5.21 Å². The molecule has 0 aromatic carbocycles. The third kappa shape index (κ3) is 11.0. The van der Waals surface area contributed by atoms with Gasteiger partial charge in [-0.1, -0.05) is 5.64 Å². The first-order valence-electron chi connectivity index (χ1n) is 5.42. The van der Waals surface area contributed by atoms with Gasteiger partial charge in [0.1, 0.15) is 11.0 Å². The van der Waals surface area contributed by atoms with Crippen molar-refractivity contribution in [2.75, 3.05) is 20.3 Å². The molecule has 2 N–H and O–H groups in total. The maximum Gasteiger partial charge on any atom is 0.475 e. The first-order valence-corrected chi connectivity index (χ1v) is 5.42. The van der Waals surface area contributed by atoms with Gasteiger partial charge < -0.3 is 4.74 Å². The monoisotopic (exact) mass is 267 g/mol. The summed E-state index contributed by atoms with van der Waals surface area (Å²) < 4.78 is 4.75. The van der Waals surface area contributed by atoms with E-state index >= 15 is 0 Å². The number of carbonyl (C=O) groups excluding carboxylic acids is 1. The Morgan fingerprint density at radius 3 is 2.72 bits per heavy atom. The molecule has 1 unspecified atom stereocenters. The van der Waals surface area contributed by atoms with Gasteiger partial charge in [-0.15, -0.1) is 0 Å². The van der Waals surface area contributed by atoms with Crippen molar-refractivity contribution in [3.8, 4) is 0 Å². The highest BCUT2D eigenvalue weighted by Gasteiger charge is 2.16. The van der Waals surface area contributed by atoms with Crippen molar-refractivity contribution in [2.24, 2.45) is 0 Å². The van der Waals surface area contributed by atoms with E-state index in [0.717, 1.165) is 0 Å². The average Bonchev–Trinajstić information content (AvgIpc) is 2.30. The molecule has 0 spiro atoms. The first kappa shape index (κ1) is 16.6. The van der Waals surface area contributed by atoms with Crippen LogP contribution >= 0.6 is 0 Å². The van der Waals surface area contributed by atoms with Crippen LogP contribution in [-0.2, 0) is 24.0 Å². The average molecular weight is 267 g/mol. The third-order valence-corrected chi connectivity index (χ3v) is 1.89. The topological polar surface area (TPSA) is 106 Å². The summed E-state index contributed by atoms with van der Waals surface area (Å²) in [5, 5.41) is 7.65. The lowest BCUT2D eigenvalue weighted by atomic mass is 10.2. The van der Waals surface area contributed by atoms with E-state index in [2.05, 4.69) is 15.3 Å². The van der Waals surface area contributed by atoms with Crippen LogP contribution in [-0.4, -0.2) is 42.7 Å². The van der Waals surface area contributed by atoms with Crippen LogP contribution in [0.1, 0.15) is 26.2 Å². The fourth-order valence-corrected chi connectivity index (χ4v) is 1.13. The van der Waals surface area contributed by atoms with Crippen molar-refractivity contribution in [3.63, 3.8) is 0 Å². The summed E-state index contributed by atoms with van der Waals surface area (Å²) in [5.41, 5.74) is 2.16. The molecule has 106 valence electrons. The highest BCUT2D eigenvalue weighted by atomic mass is 17.0. The number of carbonyl (C=O) groups is 1. The van der Waals surface area contributed by atoms with Crippen LogP contribution in [0.5, 0.6) is 0 Å². The second-order valence-corrected chi connectivity index (χ2v) is 3.40. The fraction of sp³-hybridized carbons (Fsp3) is 0.889. The number of esters is 1. The van der Waals surface area contributed by atoms with Gasteiger partial charge in [-0.05, 0) is 19.3 Å². The molecule has 0 aromatic rings. The number of hydrogen-bond acceptors (Lipinski definition) is 7. The van der Waals surface area contributed by atoms with Crippen LogP contribution < -0.4 is 5.64 Å². The lowest BCUT2D eigenvalue weighted by molar-refractivity contribution is -0.976. The quantitative estimate of drug-likeness (QED) is 0.312. The third-order valence-electron chi connectivity index (χ3n) is 1.89. The molecular weight excluding hydrogens is 248 g/mol. The zero-order valence-corrected chi connectivity index (χ0v) is 10.5. The molecule has 18 heavy (non-hydrogen) atoms. The predicted octanol–water partition coefficient (Wildman–Crippen LogP) is 0.271. The summed E-state index contributed by atoms with van der Waals surface area (Å²) in [5.74, 6) is -0.325. The molecule has 0 saturated heterocycles. The van der Waals surface area contributed by atoms with E-state index in [1.165, 1.54) is 14.0 Å². The van der Waals surface area contributed by atoms with Gasteiger partial charge in [0.2, 0.25) is 0 Å². The molecule has 9 nitrogen and oxygen atoms in total. The van der Waals surface area contributed by atoms with Crippen LogP contribution in [0, 0.1) is 4.91 Å². The first-order chi connectivity index (χ1) is 8.56. The molecule has 0 radical (unpaired) electrons. The maximum absolute atomic E-state index is 10.5. The summed E-state index contributed by atoms with van der Waals surface area (Å²) >= 11 is 0. The minimum Gasteiger partial charge on any atom is -0.466 e. The van der Waals surface area contributed by atoms with Crippen molar-refractivity contribution in [1.82, 2.24) is 5.64 Å². The summed E-state index contributed by atoms with van der Waals surface area (Å²) in [7, 11) is 1.37. The Morgan fingerprint density at radius 2 is 2.17 bits per heavy atom. The van der Waals surface area contributed by atoms with Gasteiger partial charge in [0.25, 0.3) is 0 Å². The molecular formula is C9H19N2O7+. The van der Waals surface area contributed by atoms with Crippen LogP contribution in [0.3, 0.4) is 0 Å². The zero-order chi connectivity index (χ0) is 13.8. The second-order valence-electron chi connectivity index (χ2n) is 3.40. The Bertz CT molecular complexity index is 249. The number of nitrogens with one attached hydrogen (secondary N) is 1.